The fourth-order valence-corrected chi connectivity index (χ4v) is 5.97. The molecule has 4 heteroatoms. The van der Waals surface area contributed by atoms with Crippen LogP contribution in [0.5, 0.6) is 0 Å². The predicted molar refractivity (Wildman–Crippen MR) is 81.6 cm³/mol. The zero-order valence-electron chi connectivity index (χ0n) is 12.0. The van der Waals surface area contributed by atoms with Crippen LogP contribution < -0.4 is 5.32 Å². The Morgan fingerprint density at radius 1 is 1.20 bits per heavy atom. The van der Waals surface area contributed by atoms with Gasteiger partial charge in [0.05, 0.1) is 11.0 Å². The van der Waals surface area contributed by atoms with E-state index in [1.54, 1.807) is 0 Å². The van der Waals surface area contributed by atoms with Crippen LogP contribution in [0.25, 0.3) is 0 Å². The molecule has 1 aromatic carbocycles. The van der Waals surface area contributed by atoms with Crippen LogP contribution in [-0.4, -0.2) is 32.5 Å². The third-order valence-electron chi connectivity index (χ3n) is 4.89. The van der Waals surface area contributed by atoms with Crippen molar-refractivity contribution >= 4 is 9.84 Å². The van der Waals surface area contributed by atoms with Gasteiger partial charge in [-0.1, -0.05) is 36.8 Å². The van der Waals surface area contributed by atoms with Gasteiger partial charge in [0.25, 0.3) is 0 Å². The molecule has 3 rings (SSSR count). The van der Waals surface area contributed by atoms with E-state index < -0.39 is 9.84 Å². The zero-order chi connectivity index (χ0) is 14.2. The van der Waals surface area contributed by atoms with E-state index in [1.165, 1.54) is 5.56 Å². The summed E-state index contributed by atoms with van der Waals surface area (Å²) in [6, 6.07) is 10.6. The SMILES string of the molecule is CNC(C1CC1c1ccccc1)C1CCCCS1(=O)=O. The summed E-state index contributed by atoms with van der Waals surface area (Å²) in [6.45, 7) is 0. The molecule has 0 aromatic heterocycles. The van der Waals surface area contributed by atoms with E-state index in [9.17, 15) is 8.42 Å². The number of hydrogen-bond acceptors (Lipinski definition) is 3. The molecule has 1 saturated heterocycles. The fraction of sp³-hybridized carbons (Fsp3) is 0.625. The molecule has 4 unspecified atom stereocenters. The summed E-state index contributed by atoms with van der Waals surface area (Å²) >= 11 is 0. The van der Waals surface area contributed by atoms with Gasteiger partial charge in [0.1, 0.15) is 0 Å². The smallest absolute Gasteiger partial charge is 0.154 e. The van der Waals surface area contributed by atoms with Gasteiger partial charge in [-0.25, -0.2) is 8.42 Å². The standard InChI is InChI=1S/C16H23NO2S/c1-17-16(15-9-5-6-10-20(15,18)19)14-11-13(14)12-7-3-2-4-8-12/h2-4,7-8,13-17H,5-6,9-11H2,1H3. The third-order valence-corrected chi connectivity index (χ3v) is 7.20. The van der Waals surface area contributed by atoms with Gasteiger partial charge in [-0.15, -0.1) is 0 Å². The lowest BCUT2D eigenvalue weighted by molar-refractivity contribution is 0.420. The minimum Gasteiger partial charge on any atom is -0.315 e. The summed E-state index contributed by atoms with van der Waals surface area (Å²) < 4.78 is 24.6. The van der Waals surface area contributed by atoms with Crippen molar-refractivity contribution in [2.75, 3.05) is 12.8 Å². The highest BCUT2D eigenvalue weighted by molar-refractivity contribution is 7.92. The van der Waals surface area contributed by atoms with Crippen LogP contribution in [0.4, 0.5) is 0 Å². The summed E-state index contributed by atoms with van der Waals surface area (Å²) in [6.07, 6.45) is 3.82. The fourth-order valence-electron chi connectivity index (χ4n) is 3.75. The second kappa shape index (κ2) is 5.49. The first kappa shape index (κ1) is 14.1. The van der Waals surface area contributed by atoms with E-state index in [2.05, 4.69) is 29.6 Å². The van der Waals surface area contributed by atoms with Crippen molar-refractivity contribution in [1.82, 2.24) is 5.32 Å². The van der Waals surface area contributed by atoms with E-state index in [1.807, 2.05) is 13.1 Å². The van der Waals surface area contributed by atoms with E-state index in [4.69, 9.17) is 0 Å². The first-order chi connectivity index (χ1) is 9.63. The largest absolute Gasteiger partial charge is 0.315 e. The quantitative estimate of drug-likeness (QED) is 0.927. The molecular formula is C16H23NO2S. The maximum Gasteiger partial charge on any atom is 0.154 e. The van der Waals surface area contributed by atoms with Crippen molar-refractivity contribution in [3.05, 3.63) is 35.9 Å². The van der Waals surface area contributed by atoms with Gasteiger partial charge in [-0.3, -0.25) is 0 Å². The molecule has 2 aliphatic rings. The van der Waals surface area contributed by atoms with Gasteiger partial charge >= 0.3 is 0 Å². The highest BCUT2D eigenvalue weighted by Gasteiger charge is 2.49. The van der Waals surface area contributed by atoms with Crippen LogP contribution in [0.2, 0.25) is 0 Å². The third kappa shape index (κ3) is 2.63. The highest BCUT2D eigenvalue weighted by atomic mass is 32.2. The highest BCUT2D eigenvalue weighted by Crippen LogP contribution is 2.51. The normalized spacial score (nSPS) is 33.5. The molecule has 1 aliphatic heterocycles. The van der Waals surface area contributed by atoms with E-state index >= 15 is 0 Å². The number of benzene rings is 1. The number of hydrogen-bond donors (Lipinski definition) is 1. The lowest BCUT2D eigenvalue weighted by atomic mass is 9.99. The van der Waals surface area contributed by atoms with Gasteiger partial charge in [0.2, 0.25) is 0 Å². The molecule has 110 valence electrons. The van der Waals surface area contributed by atoms with Crippen molar-refractivity contribution in [3.8, 4) is 0 Å². The number of rotatable bonds is 4. The number of sulfone groups is 1. The minimum atomic E-state index is -2.91. The molecule has 20 heavy (non-hydrogen) atoms. The first-order valence-corrected chi connectivity index (χ1v) is 9.29. The Hall–Kier alpha value is -0.870. The van der Waals surface area contributed by atoms with Gasteiger partial charge in [-0.05, 0) is 43.7 Å². The molecule has 1 N–H and O–H groups in total. The van der Waals surface area contributed by atoms with Crippen LogP contribution in [0, 0.1) is 5.92 Å². The van der Waals surface area contributed by atoms with Gasteiger partial charge in [0.15, 0.2) is 9.84 Å². The molecule has 0 radical (unpaired) electrons. The van der Waals surface area contributed by atoms with Crippen molar-refractivity contribution in [3.63, 3.8) is 0 Å². The zero-order valence-corrected chi connectivity index (χ0v) is 12.8. The molecule has 1 aliphatic carbocycles. The van der Waals surface area contributed by atoms with E-state index in [0.717, 1.165) is 25.7 Å². The van der Waals surface area contributed by atoms with Crippen LogP contribution in [-0.2, 0) is 9.84 Å². The van der Waals surface area contributed by atoms with Gasteiger partial charge in [0, 0.05) is 6.04 Å². The van der Waals surface area contributed by atoms with Crippen LogP contribution >= 0.6 is 0 Å². The molecule has 4 atom stereocenters. The van der Waals surface area contributed by atoms with Crippen LogP contribution in [0.15, 0.2) is 30.3 Å². The minimum absolute atomic E-state index is 0.116. The van der Waals surface area contributed by atoms with Gasteiger partial charge in [-0.2, -0.15) is 0 Å². The maximum absolute atomic E-state index is 12.3. The Kier molecular flexibility index (Phi) is 3.87. The average molecular weight is 293 g/mol. The van der Waals surface area contributed by atoms with E-state index in [0.29, 0.717) is 17.6 Å². The lowest BCUT2D eigenvalue weighted by Gasteiger charge is -2.30. The van der Waals surface area contributed by atoms with Crippen LogP contribution in [0.3, 0.4) is 0 Å². The predicted octanol–water partition coefficient (Wildman–Crippen LogP) is 2.35. The van der Waals surface area contributed by atoms with Crippen LogP contribution in [0.1, 0.15) is 37.2 Å². The van der Waals surface area contributed by atoms with Crippen molar-refractivity contribution in [1.29, 1.82) is 0 Å². The molecular weight excluding hydrogens is 270 g/mol. The molecule has 0 spiro atoms. The van der Waals surface area contributed by atoms with E-state index in [-0.39, 0.29) is 11.3 Å². The Bertz CT molecular complexity index is 555. The first-order valence-electron chi connectivity index (χ1n) is 7.57. The number of nitrogens with one attached hydrogen (secondary N) is 1. The summed E-state index contributed by atoms with van der Waals surface area (Å²) in [5.74, 6) is 1.38. The van der Waals surface area contributed by atoms with Crippen molar-refractivity contribution < 1.29 is 8.42 Å². The Morgan fingerprint density at radius 2 is 1.95 bits per heavy atom. The molecule has 0 bridgehead atoms. The summed E-state index contributed by atoms with van der Waals surface area (Å²) in [4.78, 5) is 0. The second-order valence-electron chi connectivity index (χ2n) is 6.13. The summed E-state index contributed by atoms with van der Waals surface area (Å²) in [7, 11) is -0.996. The molecule has 3 nitrogen and oxygen atoms in total. The molecule has 1 aromatic rings. The maximum atomic E-state index is 12.3. The molecule has 2 fully saturated rings. The van der Waals surface area contributed by atoms with Crippen molar-refractivity contribution in [2.45, 2.75) is 42.9 Å². The average Bonchev–Trinajstić information content (AvgIpc) is 3.23. The molecule has 1 saturated carbocycles. The summed E-state index contributed by atoms with van der Waals surface area (Å²) in [5, 5.41) is 3.13. The van der Waals surface area contributed by atoms with Gasteiger partial charge < -0.3 is 5.32 Å². The Labute approximate surface area is 121 Å². The second-order valence-corrected chi connectivity index (χ2v) is 8.47. The molecule has 0 amide bonds. The Morgan fingerprint density at radius 3 is 2.60 bits per heavy atom. The monoisotopic (exact) mass is 293 g/mol. The lowest BCUT2D eigenvalue weighted by Crippen LogP contribution is -2.47. The summed E-state index contributed by atoms with van der Waals surface area (Å²) in [5.41, 5.74) is 1.35. The Balaban J connectivity index is 1.76. The molecule has 1 heterocycles. The van der Waals surface area contributed by atoms with Crippen molar-refractivity contribution in [2.24, 2.45) is 5.92 Å². The topological polar surface area (TPSA) is 46.2 Å².